The zero-order valence-electron chi connectivity index (χ0n) is 10.9. The second kappa shape index (κ2) is 5.70. The van der Waals surface area contributed by atoms with Gasteiger partial charge in [0.25, 0.3) is 0 Å². The molecule has 0 saturated carbocycles. The molecule has 4 heteroatoms. The van der Waals surface area contributed by atoms with Crippen molar-refractivity contribution in [3.8, 4) is 0 Å². The van der Waals surface area contributed by atoms with Crippen LogP contribution < -0.4 is 5.32 Å². The van der Waals surface area contributed by atoms with E-state index >= 15 is 0 Å². The molecular formula is C15H19FN2O. The molecule has 1 unspecified atom stereocenters. The molecule has 102 valence electrons. The number of rotatable bonds is 3. The number of ether oxygens (including phenoxy) is 1. The Kier molecular flexibility index (Phi) is 3.78. The van der Waals surface area contributed by atoms with Gasteiger partial charge in [0, 0.05) is 6.42 Å². The zero-order chi connectivity index (χ0) is 13.1. The van der Waals surface area contributed by atoms with Gasteiger partial charge in [0.15, 0.2) is 5.90 Å². The minimum atomic E-state index is -0.215. The third-order valence-electron chi connectivity index (χ3n) is 3.85. The molecule has 1 atom stereocenters. The van der Waals surface area contributed by atoms with E-state index in [1.807, 2.05) is 6.07 Å². The van der Waals surface area contributed by atoms with E-state index in [-0.39, 0.29) is 11.9 Å². The molecule has 3 nitrogen and oxygen atoms in total. The van der Waals surface area contributed by atoms with Gasteiger partial charge in [-0.2, -0.15) is 0 Å². The highest BCUT2D eigenvalue weighted by Crippen LogP contribution is 2.27. The Morgan fingerprint density at radius 2 is 2.16 bits per heavy atom. The van der Waals surface area contributed by atoms with Crippen molar-refractivity contribution in [3.63, 3.8) is 0 Å². The predicted molar refractivity (Wildman–Crippen MR) is 72.7 cm³/mol. The molecule has 1 N–H and O–H groups in total. The molecule has 0 aromatic heterocycles. The molecule has 1 aromatic rings. The first-order chi connectivity index (χ1) is 9.31. The minimum Gasteiger partial charge on any atom is -0.471 e. The Hall–Kier alpha value is -1.42. The number of nitrogens with one attached hydrogen (secondary N) is 1. The van der Waals surface area contributed by atoms with Crippen LogP contribution in [0, 0.1) is 11.7 Å². The van der Waals surface area contributed by atoms with Crippen LogP contribution in [-0.4, -0.2) is 25.5 Å². The maximum atomic E-state index is 13.2. The van der Waals surface area contributed by atoms with Crippen LogP contribution in [0.2, 0.25) is 0 Å². The fourth-order valence-corrected chi connectivity index (χ4v) is 2.75. The number of hydrogen-bond donors (Lipinski definition) is 1. The first kappa shape index (κ1) is 12.6. The molecule has 1 fully saturated rings. The second-order valence-electron chi connectivity index (χ2n) is 5.29. The van der Waals surface area contributed by atoms with Gasteiger partial charge >= 0.3 is 0 Å². The normalized spacial score (nSPS) is 24.1. The zero-order valence-corrected chi connectivity index (χ0v) is 10.9. The molecule has 0 aliphatic carbocycles. The van der Waals surface area contributed by atoms with Gasteiger partial charge in [0.05, 0.1) is 6.54 Å². The van der Waals surface area contributed by atoms with Crippen molar-refractivity contribution in [2.75, 3.05) is 19.6 Å². The molecule has 3 rings (SSSR count). The van der Waals surface area contributed by atoms with Crippen LogP contribution in [0.3, 0.4) is 0 Å². The predicted octanol–water partition coefficient (Wildman–Crippen LogP) is 2.69. The summed E-state index contributed by atoms with van der Waals surface area (Å²) in [6.07, 6.45) is 3.19. The van der Waals surface area contributed by atoms with E-state index in [1.165, 1.54) is 25.0 Å². The Balaban J connectivity index is 1.57. The molecule has 2 aliphatic heterocycles. The summed E-state index contributed by atoms with van der Waals surface area (Å²) in [7, 11) is 0. The topological polar surface area (TPSA) is 33.6 Å². The summed E-state index contributed by atoms with van der Waals surface area (Å²) in [4.78, 5) is 4.47. The maximum absolute atomic E-state index is 13.2. The monoisotopic (exact) mass is 262 g/mol. The molecule has 1 aromatic carbocycles. The lowest BCUT2D eigenvalue weighted by atomic mass is 9.95. The largest absolute Gasteiger partial charge is 0.471 e. The number of hydrogen-bond acceptors (Lipinski definition) is 3. The standard InChI is InChI=1S/C15H19FN2O/c16-13-3-1-2-12(9-13)14-10-18-15(19-14)8-11-4-6-17-7-5-11/h1-3,9,11,14,17H,4-8,10H2. The summed E-state index contributed by atoms with van der Waals surface area (Å²) in [6, 6.07) is 6.61. The number of benzene rings is 1. The number of aliphatic imine (C=N–C) groups is 1. The van der Waals surface area contributed by atoms with Crippen LogP contribution in [0.5, 0.6) is 0 Å². The molecule has 1 saturated heterocycles. The molecule has 2 aliphatic rings. The summed E-state index contributed by atoms with van der Waals surface area (Å²) in [6.45, 7) is 2.79. The Bertz CT molecular complexity index is 469. The third-order valence-corrected chi connectivity index (χ3v) is 3.85. The smallest absolute Gasteiger partial charge is 0.184 e. The van der Waals surface area contributed by atoms with Crippen molar-refractivity contribution in [2.24, 2.45) is 10.9 Å². The second-order valence-corrected chi connectivity index (χ2v) is 5.29. The van der Waals surface area contributed by atoms with Crippen LogP contribution in [0.4, 0.5) is 4.39 Å². The quantitative estimate of drug-likeness (QED) is 0.908. The Labute approximate surface area is 112 Å². The lowest BCUT2D eigenvalue weighted by Gasteiger charge is -2.22. The molecular weight excluding hydrogens is 243 g/mol. The summed E-state index contributed by atoms with van der Waals surface area (Å²) in [5, 5.41) is 3.36. The van der Waals surface area contributed by atoms with Gasteiger partial charge < -0.3 is 10.1 Å². The molecule has 0 amide bonds. The van der Waals surface area contributed by atoms with Crippen molar-refractivity contribution in [1.82, 2.24) is 5.32 Å². The fourth-order valence-electron chi connectivity index (χ4n) is 2.75. The van der Waals surface area contributed by atoms with Crippen LogP contribution in [-0.2, 0) is 4.74 Å². The van der Waals surface area contributed by atoms with Gasteiger partial charge in [-0.15, -0.1) is 0 Å². The minimum absolute atomic E-state index is 0.104. The van der Waals surface area contributed by atoms with Crippen molar-refractivity contribution >= 4 is 5.90 Å². The van der Waals surface area contributed by atoms with Crippen molar-refractivity contribution < 1.29 is 9.13 Å². The molecule has 0 bridgehead atoms. The van der Waals surface area contributed by atoms with Crippen LogP contribution in [0.15, 0.2) is 29.3 Å². The van der Waals surface area contributed by atoms with Gasteiger partial charge in [0.2, 0.25) is 0 Å². The fraction of sp³-hybridized carbons (Fsp3) is 0.533. The maximum Gasteiger partial charge on any atom is 0.184 e. The van der Waals surface area contributed by atoms with E-state index in [0.29, 0.717) is 12.5 Å². The van der Waals surface area contributed by atoms with E-state index in [9.17, 15) is 4.39 Å². The third kappa shape index (κ3) is 3.13. The molecule has 19 heavy (non-hydrogen) atoms. The summed E-state index contributed by atoms with van der Waals surface area (Å²) in [5.41, 5.74) is 0.879. The summed E-state index contributed by atoms with van der Waals surface area (Å²) < 4.78 is 19.1. The van der Waals surface area contributed by atoms with E-state index in [0.717, 1.165) is 31.0 Å². The number of nitrogens with zero attached hydrogens (tertiary/aromatic N) is 1. The van der Waals surface area contributed by atoms with Crippen LogP contribution >= 0.6 is 0 Å². The highest BCUT2D eigenvalue weighted by molar-refractivity contribution is 5.78. The SMILES string of the molecule is Fc1cccc(C2CN=C(CC3CCNCC3)O2)c1. The van der Waals surface area contributed by atoms with Gasteiger partial charge in [-0.25, -0.2) is 4.39 Å². The van der Waals surface area contributed by atoms with Crippen LogP contribution in [0.25, 0.3) is 0 Å². The summed E-state index contributed by atoms with van der Waals surface area (Å²) in [5.74, 6) is 1.31. The lowest BCUT2D eigenvalue weighted by Crippen LogP contribution is -2.29. The van der Waals surface area contributed by atoms with Crippen molar-refractivity contribution in [1.29, 1.82) is 0 Å². The van der Waals surface area contributed by atoms with Gasteiger partial charge in [-0.3, -0.25) is 4.99 Å². The average Bonchev–Trinajstić information content (AvgIpc) is 2.88. The first-order valence-corrected chi connectivity index (χ1v) is 6.97. The Morgan fingerprint density at radius 1 is 1.32 bits per heavy atom. The van der Waals surface area contributed by atoms with E-state index in [2.05, 4.69) is 10.3 Å². The van der Waals surface area contributed by atoms with Crippen molar-refractivity contribution in [3.05, 3.63) is 35.6 Å². The van der Waals surface area contributed by atoms with Gasteiger partial charge in [0.1, 0.15) is 11.9 Å². The van der Waals surface area contributed by atoms with E-state index in [4.69, 9.17) is 4.74 Å². The van der Waals surface area contributed by atoms with Gasteiger partial charge in [-0.1, -0.05) is 12.1 Å². The van der Waals surface area contributed by atoms with E-state index in [1.54, 1.807) is 6.07 Å². The van der Waals surface area contributed by atoms with Crippen LogP contribution in [0.1, 0.15) is 30.9 Å². The lowest BCUT2D eigenvalue weighted by molar-refractivity contribution is 0.216. The highest BCUT2D eigenvalue weighted by atomic mass is 19.1. The number of piperidine rings is 1. The Morgan fingerprint density at radius 3 is 2.95 bits per heavy atom. The highest BCUT2D eigenvalue weighted by Gasteiger charge is 2.24. The molecule has 0 radical (unpaired) electrons. The number of halogens is 1. The molecule has 2 heterocycles. The first-order valence-electron chi connectivity index (χ1n) is 6.97. The van der Waals surface area contributed by atoms with Gasteiger partial charge in [-0.05, 0) is 49.5 Å². The van der Waals surface area contributed by atoms with E-state index < -0.39 is 0 Å². The average molecular weight is 262 g/mol. The molecule has 0 spiro atoms. The van der Waals surface area contributed by atoms with Crippen molar-refractivity contribution in [2.45, 2.75) is 25.4 Å². The summed E-state index contributed by atoms with van der Waals surface area (Å²) >= 11 is 0.